The van der Waals surface area contributed by atoms with Gasteiger partial charge in [-0.25, -0.2) is 4.98 Å². The van der Waals surface area contributed by atoms with Crippen molar-refractivity contribution in [1.29, 1.82) is 0 Å². The van der Waals surface area contributed by atoms with E-state index in [0.29, 0.717) is 54.6 Å². The maximum Gasteiger partial charge on any atom is 0.255 e. The fourth-order valence-electron chi connectivity index (χ4n) is 2.92. The topological polar surface area (TPSA) is 104 Å². The third-order valence-electron chi connectivity index (χ3n) is 4.53. The molecule has 0 unspecified atom stereocenters. The molecule has 0 aliphatic carbocycles. The molecule has 3 aromatic rings. The molecule has 2 aromatic carbocycles. The highest BCUT2D eigenvalue weighted by Gasteiger charge is 2.11. The Bertz CT molecular complexity index is 1040. The summed E-state index contributed by atoms with van der Waals surface area (Å²) in [6, 6.07) is 11.9. The molecular formula is C23H26N4O5. The Hall–Kier alpha value is -3.85. The zero-order valence-corrected chi connectivity index (χ0v) is 18.0. The molecule has 1 heterocycles. The number of nitrogens with zero attached hydrogens (tertiary/aromatic N) is 2. The van der Waals surface area contributed by atoms with Crippen LogP contribution in [0, 0.1) is 0 Å². The highest BCUT2D eigenvalue weighted by Crippen LogP contribution is 2.30. The Morgan fingerprint density at radius 2 is 1.84 bits per heavy atom. The van der Waals surface area contributed by atoms with Gasteiger partial charge < -0.3 is 29.4 Å². The number of nitrogens with one attached hydrogen (secondary N) is 2. The number of imidazole rings is 1. The zero-order chi connectivity index (χ0) is 22.8. The monoisotopic (exact) mass is 438 g/mol. The van der Waals surface area contributed by atoms with Crippen molar-refractivity contribution in [3.05, 3.63) is 66.7 Å². The summed E-state index contributed by atoms with van der Waals surface area (Å²) in [4.78, 5) is 28.9. The van der Waals surface area contributed by atoms with Crippen LogP contribution in [0.25, 0.3) is 0 Å². The predicted molar refractivity (Wildman–Crippen MR) is 120 cm³/mol. The van der Waals surface area contributed by atoms with Crippen LogP contribution in [0.3, 0.4) is 0 Å². The van der Waals surface area contributed by atoms with E-state index < -0.39 is 0 Å². The second kappa shape index (κ2) is 11.5. The van der Waals surface area contributed by atoms with Gasteiger partial charge in [0, 0.05) is 55.5 Å². The van der Waals surface area contributed by atoms with E-state index in [-0.39, 0.29) is 11.8 Å². The first-order chi connectivity index (χ1) is 15.6. The van der Waals surface area contributed by atoms with Crippen molar-refractivity contribution in [3.63, 3.8) is 0 Å². The van der Waals surface area contributed by atoms with Gasteiger partial charge in [0.2, 0.25) is 5.91 Å². The molecule has 168 valence electrons. The summed E-state index contributed by atoms with van der Waals surface area (Å²) in [5.74, 6) is 0.595. The molecule has 2 N–H and O–H groups in total. The molecule has 0 atom stereocenters. The third-order valence-corrected chi connectivity index (χ3v) is 4.53. The number of ether oxygens (including phenoxy) is 3. The van der Waals surface area contributed by atoms with Gasteiger partial charge in [-0.2, -0.15) is 0 Å². The van der Waals surface area contributed by atoms with Crippen LogP contribution >= 0.6 is 0 Å². The molecule has 0 saturated heterocycles. The highest BCUT2D eigenvalue weighted by atomic mass is 16.5. The molecule has 9 nitrogen and oxygen atoms in total. The number of aryl methyl sites for hydroxylation is 1. The summed E-state index contributed by atoms with van der Waals surface area (Å²) in [6.07, 6.45) is 5.42. The lowest BCUT2D eigenvalue weighted by Crippen LogP contribution is -2.16. The molecule has 9 heteroatoms. The van der Waals surface area contributed by atoms with Crippen LogP contribution in [0.5, 0.6) is 11.5 Å². The molecule has 32 heavy (non-hydrogen) atoms. The number of hydrogen-bond donors (Lipinski definition) is 2. The zero-order valence-electron chi connectivity index (χ0n) is 18.0. The molecule has 1 aromatic heterocycles. The minimum atomic E-state index is -0.312. The van der Waals surface area contributed by atoms with Crippen LogP contribution in [-0.2, 0) is 16.1 Å². The SMILES string of the molecule is COCCOc1cc(NC(=O)c2cccc(NC(=O)CCn3ccnc3)c2)ccc1OC. The van der Waals surface area contributed by atoms with Gasteiger partial charge in [-0.05, 0) is 30.3 Å². The summed E-state index contributed by atoms with van der Waals surface area (Å²) < 4.78 is 17.8. The van der Waals surface area contributed by atoms with Crippen molar-refractivity contribution in [2.75, 3.05) is 38.1 Å². The average Bonchev–Trinajstić information content (AvgIpc) is 3.32. The average molecular weight is 438 g/mol. The molecule has 0 radical (unpaired) electrons. The van der Waals surface area contributed by atoms with Crippen molar-refractivity contribution >= 4 is 23.2 Å². The maximum absolute atomic E-state index is 12.7. The molecule has 3 rings (SSSR count). The normalized spacial score (nSPS) is 10.4. The van der Waals surface area contributed by atoms with Gasteiger partial charge in [0.15, 0.2) is 11.5 Å². The molecule has 2 amide bonds. The lowest BCUT2D eigenvalue weighted by Gasteiger charge is -2.13. The molecule has 0 bridgehead atoms. The molecular weight excluding hydrogens is 412 g/mol. The van der Waals surface area contributed by atoms with Crippen LogP contribution < -0.4 is 20.1 Å². The van der Waals surface area contributed by atoms with Gasteiger partial charge in [-0.1, -0.05) is 6.07 Å². The predicted octanol–water partition coefficient (Wildman–Crippen LogP) is 3.20. The van der Waals surface area contributed by atoms with Gasteiger partial charge in [0.25, 0.3) is 5.91 Å². The lowest BCUT2D eigenvalue weighted by atomic mass is 10.1. The number of methoxy groups -OCH3 is 2. The Kier molecular flexibility index (Phi) is 8.22. The summed E-state index contributed by atoms with van der Waals surface area (Å²) in [5, 5.41) is 5.65. The fraction of sp³-hybridized carbons (Fsp3) is 0.261. The van der Waals surface area contributed by atoms with Crippen molar-refractivity contribution < 1.29 is 23.8 Å². The minimum absolute atomic E-state index is 0.149. The summed E-state index contributed by atoms with van der Waals surface area (Å²) in [5.41, 5.74) is 1.51. The number of aromatic nitrogens is 2. The summed E-state index contributed by atoms with van der Waals surface area (Å²) in [7, 11) is 3.14. The van der Waals surface area contributed by atoms with E-state index in [1.165, 1.54) is 0 Å². The third kappa shape index (κ3) is 6.58. The van der Waals surface area contributed by atoms with Gasteiger partial charge in [-0.15, -0.1) is 0 Å². The number of hydrogen-bond acceptors (Lipinski definition) is 6. The van der Waals surface area contributed by atoms with Crippen LogP contribution in [0.1, 0.15) is 16.8 Å². The van der Waals surface area contributed by atoms with Crippen LogP contribution in [-0.4, -0.2) is 48.8 Å². The Balaban J connectivity index is 1.61. The van der Waals surface area contributed by atoms with Crippen LogP contribution in [0.2, 0.25) is 0 Å². The smallest absolute Gasteiger partial charge is 0.255 e. The maximum atomic E-state index is 12.7. The summed E-state index contributed by atoms with van der Waals surface area (Å²) in [6.45, 7) is 1.31. The van der Waals surface area contributed by atoms with Gasteiger partial charge in [-0.3, -0.25) is 9.59 Å². The van der Waals surface area contributed by atoms with E-state index in [0.717, 1.165) is 0 Å². The molecule has 0 spiro atoms. The Morgan fingerprint density at radius 1 is 1.00 bits per heavy atom. The van der Waals surface area contributed by atoms with Gasteiger partial charge in [0.05, 0.1) is 20.0 Å². The molecule has 0 aliphatic heterocycles. The largest absolute Gasteiger partial charge is 0.493 e. The number of carbonyl (C=O) groups excluding carboxylic acids is 2. The van der Waals surface area contributed by atoms with Crippen molar-refractivity contribution in [1.82, 2.24) is 9.55 Å². The first-order valence-corrected chi connectivity index (χ1v) is 10.1. The van der Waals surface area contributed by atoms with Gasteiger partial charge in [0.1, 0.15) is 6.61 Å². The number of rotatable bonds is 11. The van der Waals surface area contributed by atoms with E-state index >= 15 is 0 Å². The number of carbonyl (C=O) groups is 2. The standard InChI is InChI=1S/C23H26N4O5/c1-30-12-13-32-21-15-19(6-7-20(21)31-2)26-23(29)17-4-3-5-18(14-17)25-22(28)8-10-27-11-9-24-16-27/h3-7,9,11,14-16H,8,10,12-13H2,1-2H3,(H,25,28)(H,26,29). The van der Waals surface area contributed by atoms with E-state index in [9.17, 15) is 9.59 Å². The molecule has 0 fully saturated rings. The number of amides is 2. The van der Waals surface area contributed by atoms with Gasteiger partial charge >= 0.3 is 0 Å². The highest BCUT2D eigenvalue weighted by molar-refractivity contribution is 6.05. The minimum Gasteiger partial charge on any atom is -0.493 e. The molecule has 0 saturated carbocycles. The first kappa shape index (κ1) is 22.8. The Labute approximate surface area is 186 Å². The van der Waals surface area contributed by atoms with E-state index in [2.05, 4.69) is 15.6 Å². The van der Waals surface area contributed by atoms with Crippen molar-refractivity contribution in [3.8, 4) is 11.5 Å². The van der Waals surface area contributed by atoms with E-state index in [1.807, 2.05) is 4.57 Å². The second-order valence-corrected chi connectivity index (χ2v) is 6.84. The van der Waals surface area contributed by atoms with Crippen LogP contribution in [0.15, 0.2) is 61.2 Å². The quantitative estimate of drug-likeness (QED) is 0.446. The lowest BCUT2D eigenvalue weighted by molar-refractivity contribution is -0.116. The number of benzene rings is 2. The van der Waals surface area contributed by atoms with Crippen molar-refractivity contribution in [2.24, 2.45) is 0 Å². The van der Waals surface area contributed by atoms with E-state index in [1.54, 1.807) is 75.4 Å². The second-order valence-electron chi connectivity index (χ2n) is 6.84. The molecule has 0 aliphatic rings. The summed E-state index contributed by atoms with van der Waals surface area (Å²) >= 11 is 0. The fourth-order valence-corrected chi connectivity index (χ4v) is 2.92. The van der Waals surface area contributed by atoms with E-state index in [4.69, 9.17) is 14.2 Å². The van der Waals surface area contributed by atoms with Crippen molar-refractivity contribution in [2.45, 2.75) is 13.0 Å². The van der Waals surface area contributed by atoms with Crippen LogP contribution in [0.4, 0.5) is 11.4 Å². The number of anilines is 2. The first-order valence-electron chi connectivity index (χ1n) is 10.1. The Morgan fingerprint density at radius 3 is 2.59 bits per heavy atom.